The van der Waals surface area contributed by atoms with E-state index in [0.29, 0.717) is 6.54 Å². The standard InChI is InChI=1S/C20H19FN2O2S/c1-25-17-6-3-2-5-15(17)13-22-20(24)23-19(18-7-4-12-26-18)14-8-10-16(21)11-9-14/h2-12,19H,13H2,1H3,(H2,22,23,24)/t19-/m1/s1. The first kappa shape index (κ1) is 17.9. The second-order valence-corrected chi connectivity index (χ2v) is 6.62. The number of thiophene rings is 1. The zero-order valence-corrected chi connectivity index (χ0v) is 15.1. The van der Waals surface area contributed by atoms with Gasteiger partial charge in [-0.05, 0) is 35.2 Å². The number of carbonyl (C=O) groups excluding carboxylic acids is 1. The van der Waals surface area contributed by atoms with Gasteiger partial charge in [0.2, 0.25) is 0 Å². The number of nitrogens with one attached hydrogen (secondary N) is 2. The van der Waals surface area contributed by atoms with E-state index in [0.717, 1.165) is 21.8 Å². The number of hydrogen-bond donors (Lipinski definition) is 2. The molecule has 0 saturated heterocycles. The molecule has 3 aromatic rings. The zero-order valence-electron chi connectivity index (χ0n) is 14.2. The van der Waals surface area contributed by atoms with Crippen molar-refractivity contribution >= 4 is 17.4 Å². The molecular formula is C20H19FN2O2S. The number of ether oxygens (including phenoxy) is 1. The van der Waals surface area contributed by atoms with Gasteiger partial charge in [0.1, 0.15) is 11.6 Å². The van der Waals surface area contributed by atoms with E-state index >= 15 is 0 Å². The van der Waals surface area contributed by atoms with E-state index in [1.54, 1.807) is 19.2 Å². The second kappa shape index (κ2) is 8.49. The van der Waals surface area contributed by atoms with E-state index in [9.17, 15) is 9.18 Å². The third-order valence-corrected chi connectivity index (χ3v) is 4.88. The van der Waals surface area contributed by atoms with Gasteiger partial charge in [-0.2, -0.15) is 0 Å². The number of para-hydroxylation sites is 1. The number of rotatable bonds is 6. The summed E-state index contributed by atoms with van der Waals surface area (Å²) in [5, 5.41) is 7.75. The summed E-state index contributed by atoms with van der Waals surface area (Å²) in [5.41, 5.74) is 1.71. The highest BCUT2D eigenvalue weighted by Gasteiger charge is 2.18. The van der Waals surface area contributed by atoms with E-state index in [1.165, 1.54) is 23.5 Å². The van der Waals surface area contributed by atoms with Crippen molar-refractivity contribution in [3.05, 3.63) is 87.9 Å². The molecule has 0 aliphatic carbocycles. The third-order valence-electron chi connectivity index (χ3n) is 3.94. The Kier molecular flexibility index (Phi) is 5.86. The van der Waals surface area contributed by atoms with Gasteiger partial charge in [-0.25, -0.2) is 9.18 Å². The number of methoxy groups -OCH3 is 1. The maximum Gasteiger partial charge on any atom is 0.315 e. The van der Waals surface area contributed by atoms with Gasteiger partial charge in [0.25, 0.3) is 0 Å². The zero-order chi connectivity index (χ0) is 18.4. The van der Waals surface area contributed by atoms with Crippen molar-refractivity contribution in [3.63, 3.8) is 0 Å². The van der Waals surface area contributed by atoms with E-state index in [4.69, 9.17) is 4.74 Å². The summed E-state index contributed by atoms with van der Waals surface area (Å²) in [5.74, 6) is 0.417. The van der Waals surface area contributed by atoms with E-state index in [2.05, 4.69) is 10.6 Å². The molecule has 0 aliphatic rings. The molecule has 0 spiro atoms. The van der Waals surface area contributed by atoms with Crippen molar-refractivity contribution in [2.45, 2.75) is 12.6 Å². The largest absolute Gasteiger partial charge is 0.496 e. The Morgan fingerprint density at radius 1 is 1.12 bits per heavy atom. The van der Waals surface area contributed by atoms with Crippen LogP contribution >= 0.6 is 11.3 Å². The van der Waals surface area contributed by atoms with Crippen LogP contribution in [0.25, 0.3) is 0 Å². The Labute approximate surface area is 155 Å². The Morgan fingerprint density at radius 2 is 1.88 bits per heavy atom. The molecule has 0 bridgehead atoms. The number of halogens is 1. The van der Waals surface area contributed by atoms with Crippen molar-refractivity contribution in [1.82, 2.24) is 10.6 Å². The molecule has 1 atom stereocenters. The van der Waals surface area contributed by atoms with Crippen LogP contribution in [0.2, 0.25) is 0 Å². The lowest BCUT2D eigenvalue weighted by molar-refractivity contribution is 0.238. The van der Waals surface area contributed by atoms with Gasteiger partial charge in [0.05, 0.1) is 13.2 Å². The van der Waals surface area contributed by atoms with Crippen molar-refractivity contribution < 1.29 is 13.9 Å². The summed E-state index contributed by atoms with van der Waals surface area (Å²) in [7, 11) is 1.60. The van der Waals surface area contributed by atoms with Gasteiger partial charge >= 0.3 is 6.03 Å². The van der Waals surface area contributed by atoms with Crippen LogP contribution in [0.5, 0.6) is 5.75 Å². The highest BCUT2D eigenvalue weighted by atomic mass is 32.1. The van der Waals surface area contributed by atoms with Gasteiger partial charge in [0, 0.05) is 17.0 Å². The fourth-order valence-corrected chi connectivity index (χ4v) is 3.44. The van der Waals surface area contributed by atoms with Crippen LogP contribution in [-0.2, 0) is 6.54 Å². The maximum absolute atomic E-state index is 13.2. The number of amides is 2. The molecule has 0 radical (unpaired) electrons. The number of hydrogen-bond acceptors (Lipinski definition) is 3. The molecule has 2 N–H and O–H groups in total. The Hall–Kier alpha value is -2.86. The number of carbonyl (C=O) groups is 1. The molecule has 1 aromatic heterocycles. The quantitative estimate of drug-likeness (QED) is 0.672. The normalized spacial score (nSPS) is 11.6. The average Bonchev–Trinajstić information content (AvgIpc) is 3.20. The summed E-state index contributed by atoms with van der Waals surface area (Å²) in [6.45, 7) is 0.344. The maximum atomic E-state index is 13.2. The smallest absolute Gasteiger partial charge is 0.315 e. The summed E-state index contributed by atoms with van der Waals surface area (Å²) < 4.78 is 18.5. The van der Waals surface area contributed by atoms with Crippen molar-refractivity contribution in [2.24, 2.45) is 0 Å². The first-order valence-corrected chi connectivity index (χ1v) is 9.00. The fourth-order valence-electron chi connectivity index (χ4n) is 2.64. The van der Waals surface area contributed by atoms with Crippen molar-refractivity contribution in [3.8, 4) is 5.75 Å². The van der Waals surface area contributed by atoms with Crippen molar-refractivity contribution in [2.75, 3.05) is 7.11 Å². The summed E-state index contributed by atoms with van der Waals surface area (Å²) in [4.78, 5) is 13.4. The van der Waals surface area contributed by atoms with Gasteiger partial charge in [-0.1, -0.05) is 36.4 Å². The average molecular weight is 370 g/mol. The van der Waals surface area contributed by atoms with Gasteiger partial charge in [-0.15, -0.1) is 11.3 Å². The molecule has 6 heteroatoms. The topological polar surface area (TPSA) is 50.4 Å². The van der Waals surface area contributed by atoms with Crippen LogP contribution in [0.4, 0.5) is 9.18 Å². The van der Waals surface area contributed by atoms with Gasteiger partial charge < -0.3 is 15.4 Å². The fraction of sp³-hybridized carbons (Fsp3) is 0.150. The number of benzene rings is 2. The highest BCUT2D eigenvalue weighted by Crippen LogP contribution is 2.26. The predicted octanol–water partition coefficient (Wildman–Crippen LogP) is 4.48. The molecule has 0 aliphatic heterocycles. The molecule has 0 unspecified atom stereocenters. The molecule has 0 saturated carbocycles. The minimum atomic E-state index is -0.340. The molecule has 134 valence electrons. The minimum absolute atomic E-state index is 0.306. The highest BCUT2D eigenvalue weighted by molar-refractivity contribution is 7.10. The van der Waals surface area contributed by atoms with Gasteiger partial charge in [0.15, 0.2) is 0 Å². The Morgan fingerprint density at radius 3 is 2.58 bits per heavy atom. The van der Waals surface area contributed by atoms with E-state index in [1.807, 2.05) is 41.8 Å². The Bertz CT molecular complexity index is 851. The lowest BCUT2D eigenvalue weighted by atomic mass is 10.1. The lowest BCUT2D eigenvalue weighted by Crippen LogP contribution is -2.37. The van der Waals surface area contributed by atoms with Gasteiger partial charge in [-0.3, -0.25) is 0 Å². The lowest BCUT2D eigenvalue weighted by Gasteiger charge is -2.19. The third kappa shape index (κ3) is 4.40. The monoisotopic (exact) mass is 370 g/mol. The van der Waals surface area contributed by atoms with E-state index < -0.39 is 0 Å². The van der Waals surface area contributed by atoms with Crippen molar-refractivity contribution in [1.29, 1.82) is 0 Å². The molecule has 2 amide bonds. The molecule has 4 nitrogen and oxygen atoms in total. The first-order chi connectivity index (χ1) is 12.7. The van der Waals surface area contributed by atoms with E-state index in [-0.39, 0.29) is 17.9 Å². The summed E-state index contributed by atoms with van der Waals surface area (Å²) in [6.07, 6.45) is 0. The molecule has 2 aromatic carbocycles. The Balaban J connectivity index is 1.70. The molecule has 0 fully saturated rings. The van der Waals surface area contributed by atoms with Crippen LogP contribution < -0.4 is 15.4 Å². The molecular weight excluding hydrogens is 351 g/mol. The first-order valence-electron chi connectivity index (χ1n) is 8.12. The molecule has 26 heavy (non-hydrogen) atoms. The summed E-state index contributed by atoms with van der Waals surface area (Å²) >= 11 is 1.54. The van der Waals surface area contributed by atoms with Crippen LogP contribution in [0.3, 0.4) is 0 Å². The molecule has 1 heterocycles. The second-order valence-electron chi connectivity index (χ2n) is 5.64. The van der Waals surface area contributed by atoms with Crippen LogP contribution in [-0.4, -0.2) is 13.1 Å². The SMILES string of the molecule is COc1ccccc1CNC(=O)N[C@H](c1ccc(F)cc1)c1cccs1. The predicted molar refractivity (Wildman–Crippen MR) is 101 cm³/mol. The van der Waals surface area contributed by atoms with Crippen LogP contribution in [0, 0.1) is 5.82 Å². The van der Waals surface area contributed by atoms with Crippen LogP contribution in [0.15, 0.2) is 66.0 Å². The minimum Gasteiger partial charge on any atom is -0.496 e. The van der Waals surface area contributed by atoms with Crippen LogP contribution in [0.1, 0.15) is 22.0 Å². The summed E-state index contributed by atoms with van der Waals surface area (Å²) in [6, 6.07) is 16.9. The number of urea groups is 1. The molecule has 3 rings (SSSR count).